The molecule has 0 bridgehead atoms. The van der Waals surface area contributed by atoms with Crippen LogP contribution in [0.3, 0.4) is 0 Å². The van der Waals surface area contributed by atoms with Crippen LogP contribution in [0.2, 0.25) is 0 Å². The summed E-state index contributed by atoms with van der Waals surface area (Å²) in [7, 11) is 0. The van der Waals surface area contributed by atoms with Gasteiger partial charge in [0.25, 0.3) is 0 Å². The molecular weight excluding hydrogens is 346 g/mol. The van der Waals surface area contributed by atoms with Crippen molar-refractivity contribution in [1.82, 2.24) is 0 Å². The molecule has 1 saturated heterocycles. The topological polar surface area (TPSA) is 35.6 Å². The van der Waals surface area contributed by atoms with Gasteiger partial charge >= 0.3 is 0 Å². The van der Waals surface area contributed by atoms with Crippen molar-refractivity contribution in [3.63, 3.8) is 0 Å². The summed E-state index contributed by atoms with van der Waals surface area (Å²) in [5, 5.41) is 2.98. The van der Waals surface area contributed by atoms with Crippen LogP contribution < -0.4 is 15.1 Å². The molecule has 0 radical (unpaired) electrons. The molecule has 1 aliphatic heterocycles. The first-order valence-corrected chi connectivity index (χ1v) is 9.77. The minimum absolute atomic E-state index is 0.00965. The monoisotopic (exact) mass is 371 g/mol. The quantitative estimate of drug-likeness (QED) is 0.730. The second-order valence-electron chi connectivity index (χ2n) is 7.07. The van der Waals surface area contributed by atoms with E-state index in [-0.39, 0.29) is 5.91 Å². The van der Waals surface area contributed by atoms with E-state index < -0.39 is 0 Å². The number of nitrogens with one attached hydrogen (secondary N) is 1. The first-order chi connectivity index (χ1) is 13.8. The van der Waals surface area contributed by atoms with Gasteiger partial charge < -0.3 is 15.1 Å². The largest absolute Gasteiger partial charge is 0.368 e. The summed E-state index contributed by atoms with van der Waals surface area (Å²) in [5.41, 5.74) is 4.35. The molecule has 0 aromatic heterocycles. The van der Waals surface area contributed by atoms with Gasteiger partial charge in [0, 0.05) is 43.2 Å². The summed E-state index contributed by atoms with van der Waals surface area (Å²) >= 11 is 0. The molecule has 1 aliphatic rings. The molecule has 1 amide bonds. The van der Waals surface area contributed by atoms with E-state index >= 15 is 0 Å². The van der Waals surface area contributed by atoms with Crippen molar-refractivity contribution in [2.75, 3.05) is 41.3 Å². The van der Waals surface area contributed by atoms with Crippen LogP contribution in [0.4, 0.5) is 17.1 Å². The maximum Gasteiger partial charge on any atom is 0.228 e. The Morgan fingerprint density at radius 3 is 1.75 bits per heavy atom. The predicted molar refractivity (Wildman–Crippen MR) is 116 cm³/mol. The maximum absolute atomic E-state index is 12.2. The maximum atomic E-state index is 12.2. The van der Waals surface area contributed by atoms with E-state index in [2.05, 4.69) is 57.6 Å². The molecule has 0 unspecified atom stereocenters. The van der Waals surface area contributed by atoms with Crippen molar-refractivity contribution in [3.8, 4) is 0 Å². The molecule has 0 aliphatic carbocycles. The smallest absolute Gasteiger partial charge is 0.228 e. The highest BCUT2D eigenvalue weighted by molar-refractivity contribution is 5.92. The van der Waals surface area contributed by atoms with Crippen molar-refractivity contribution in [2.24, 2.45) is 0 Å². The summed E-state index contributed by atoms with van der Waals surface area (Å²) in [5.74, 6) is 0.00965. The fourth-order valence-corrected chi connectivity index (χ4v) is 3.60. The lowest BCUT2D eigenvalue weighted by Crippen LogP contribution is -2.46. The molecule has 0 saturated carbocycles. The van der Waals surface area contributed by atoms with Crippen LogP contribution in [0, 0.1) is 0 Å². The summed E-state index contributed by atoms with van der Waals surface area (Å²) in [6.45, 7) is 4.02. The van der Waals surface area contributed by atoms with Gasteiger partial charge in [-0.1, -0.05) is 48.5 Å². The summed E-state index contributed by atoms with van der Waals surface area (Å²) in [4.78, 5) is 17.0. The summed E-state index contributed by atoms with van der Waals surface area (Å²) < 4.78 is 0. The van der Waals surface area contributed by atoms with Gasteiger partial charge in [-0.2, -0.15) is 0 Å². The van der Waals surface area contributed by atoms with Gasteiger partial charge in [0.2, 0.25) is 5.91 Å². The zero-order valence-electron chi connectivity index (χ0n) is 15.9. The fraction of sp³-hybridized carbons (Fsp3) is 0.208. The lowest BCUT2D eigenvalue weighted by Gasteiger charge is -2.37. The standard InChI is InChI=1S/C24H25N3O/c28-24(19-20-7-3-1-4-8-20)25-21-11-13-23(14-12-21)27-17-15-26(16-18-27)22-9-5-2-6-10-22/h1-14H,15-19H2,(H,25,28). The molecule has 1 heterocycles. The third-order valence-electron chi connectivity index (χ3n) is 5.12. The fourth-order valence-electron chi connectivity index (χ4n) is 3.60. The summed E-state index contributed by atoms with van der Waals surface area (Å²) in [6.07, 6.45) is 0.393. The number of nitrogens with zero attached hydrogens (tertiary/aromatic N) is 2. The molecular formula is C24H25N3O. The van der Waals surface area contributed by atoms with E-state index in [1.54, 1.807) is 0 Å². The lowest BCUT2D eigenvalue weighted by atomic mass is 10.1. The third kappa shape index (κ3) is 4.52. The molecule has 0 atom stereocenters. The van der Waals surface area contributed by atoms with Crippen molar-refractivity contribution in [3.05, 3.63) is 90.5 Å². The Morgan fingerprint density at radius 1 is 0.679 bits per heavy atom. The number of benzene rings is 3. The van der Waals surface area contributed by atoms with Crippen LogP contribution in [-0.4, -0.2) is 32.1 Å². The molecule has 1 N–H and O–H groups in total. The van der Waals surface area contributed by atoms with E-state index in [1.165, 1.54) is 11.4 Å². The molecule has 142 valence electrons. The number of hydrogen-bond donors (Lipinski definition) is 1. The van der Waals surface area contributed by atoms with Crippen molar-refractivity contribution >= 4 is 23.0 Å². The molecule has 4 heteroatoms. The second-order valence-corrected chi connectivity index (χ2v) is 7.07. The van der Waals surface area contributed by atoms with Crippen LogP contribution in [-0.2, 0) is 11.2 Å². The van der Waals surface area contributed by atoms with Crippen LogP contribution >= 0.6 is 0 Å². The summed E-state index contributed by atoms with van der Waals surface area (Å²) in [6, 6.07) is 28.5. The number of hydrogen-bond acceptors (Lipinski definition) is 3. The Kier molecular flexibility index (Phi) is 5.57. The average molecular weight is 371 g/mol. The van der Waals surface area contributed by atoms with E-state index in [0.717, 1.165) is 37.4 Å². The number of carbonyl (C=O) groups is 1. The van der Waals surface area contributed by atoms with Gasteiger partial charge in [-0.25, -0.2) is 0 Å². The number of amides is 1. The SMILES string of the molecule is O=C(Cc1ccccc1)Nc1ccc(N2CCN(c3ccccc3)CC2)cc1. The number of piperazine rings is 1. The zero-order valence-corrected chi connectivity index (χ0v) is 15.9. The molecule has 4 rings (SSSR count). The Bertz CT molecular complexity index is 886. The third-order valence-corrected chi connectivity index (χ3v) is 5.12. The van der Waals surface area contributed by atoms with Gasteiger partial charge in [0.15, 0.2) is 0 Å². The normalized spacial score (nSPS) is 14.0. The number of para-hydroxylation sites is 1. The van der Waals surface area contributed by atoms with Crippen LogP contribution in [0.25, 0.3) is 0 Å². The van der Waals surface area contributed by atoms with Crippen LogP contribution in [0.5, 0.6) is 0 Å². The minimum atomic E-state index is 0.00965. The average Bonchev–Trinajstić information content (AvgIpc) is 2.76. The predicted octanol–water partition coefficient (Wildman–Crippen LogP) is 4.19. The number of rotatable bonds is 5. The van der Waals surface area contributed by atoms with Crippen molar-refractivity contribution in [2.45, 2.75) is 6.42 Å². The number of carbonyl (C=O) groups excluding carboxylic acids is 1. The van der Waals surface area contributed by atoms with Crippen LogP contribution in [0.1, 0.15) is 5.56 Å². The highest BCUT2D eigenvalue weighted by Crippen LogP contribution is 2.22. The van der Waals surface area contributed by atoms with Crippen molar-refractivity contribution < 1.29 is 4.79 Å². The van der Waals surface area contributed by atoms with Gasteiger partial charge in [0.1, 0.15) is 0 Å². The molecule has 3 aromatic carbocycles. The minimum Gasteiger partial charge on any atom is -0.368 e. The lowest BCUT2D eigenvalue weighted by molar-refractivity contribution is -0.115. The van der Waals surface area contributed by atoms with Gasteiger partial charge in [-0.3, -0.25) is 4.79 Å². The van der Waals surface area contributed by atoms with Gasteiger partial charge in [-0.15, -0.1) is 0 Å². The van der Waals surface area contributed by atoms with Crippen LogP contribution in [0.15, 0.2) is 84.9 Å². The first kappa shape index (κ1) is 18.1. The molecule has 3 aromatic rings. The Balaban J connectivity index is 1.31. The Labute approximate surface area is 166 Å². The Hall–Kier alpha value is -3.27. The molecule has 4 nitrogen and oxygen atoms in total. The first-order valence-electron chi connectivity index (χ1n) is 9.77. The van der Waals surface area contributed by atoms with Gasteiger partial charge in [-0.05, 0) is 42.0 Å². The second kappa shape index (κ2) is 8.61. The van der Waals surface area contributed by atoms with E-state index in [0.29, 0.717) is 6.42 Å². The Morgan fingerprint density at radius 2 is 1.18 bits per heavy atom. The highest BCUT2D eigenvalue weighted by Gasteiger charge is 2.17. The molecule has 0 spiro atoms. The zero-order chi connectivity index (χ0) is 19.2. The highest BCUT2D eigenvalue weighted by atomic mass is 16.1. The van der Waals surface area contributed by atoms with E-state index in [4.69, 9.17) is 0 Å². The van der Waals surface area contributed by atoms with E-state index in [9.17, 15) is 4.79 Å². The molecule has 1 fully saturated rings. The molecule has 28 heavy (non-hydrogen) atoms. The van der Waals surface area contributed by atoms with Crippen molar-refractivity contribution in [1.29, 1.82) is 0 Å². The van der Waals surface area contributed by atoms with E-state index in [1.807, 2.05) is 42.5 Å². The number of anilines is 3. The van der Waals surface area contributed by atoms with Gasteiger partial charge in [0.05, 0.1) is 6.42 Å².